The average molecular weight is 315 g/mol. The number of hydrogen-bond donors (Lipinski definition) is 1. The number of urea groups is 1. The molecule has 122 valence electrons. The highest BCUT2D eigenvalue weighted by Crippen LogP contribution is 2.30. The smallest absolute Gasteiger partial charge is 0.318 e. The molecule has 2 aromatic rings. The van der Waals surface area contributed by atoms with Crippen LogP contribution >= 0.6 is 0 Å². The van der Waals surface area contributed by atoms with Crippen LogP contribution in [0, 0.1) is 0 Å². The number of amides is 2. The van der Waals surface area contributed by atoms with Gasteiger partial charge in [-0.1, -0.05) is 18.0 Å². The summed E-state index contributed by atoms with van der Waals surface area (Å²) in [5, 5.41) is 6.93. The maximum atomic E-state index is 12.3. The number of carbonyl (C=O) groups excluding carboxylic acids is 1. The molecule has 1 atom stereocenters. The summed E-state index contributed by atoms with van der Waals surface area (Å²) in [6, 6.07) is 3.45. The summed E-state index contributed by atoms with van der Waals surface area (Å²) >= 11 is 0. The SMILES string of the molecule is CCNC(=O)N1CCCCCC1c1nc(-c2ccncc2)no1. The standard InChI is InChI=1S/C16H21N5O2/c1-2-18-16(22)21-11-5-3-4-6-13(21)15-19-14(20-23-15)12-7-9-17-10-8-12/h7-10,13H,2-6,11H2,1H3,(H,18,22). The maximum Gasteiger partial charge on any atom is 0.318 e. The van der Waals surface area contributed by atoms with Gasteiger partial charge >= 0.3 is 6.03 Å². The molecule has 3 rings (SSSR count). The van der Waals surface area contributed by atoms with E-state index in [1.165, 1.54) is 0 Å². The highest BCUT2D eigenvalue weighted by molar-refractivity contribution is 5.74. The molecule has 7 nitrogen and oxygen atoms in total. The van der Waals surface area contributed by atoms with Gasteiger partial charge in [0.1, 0.15) is 6.04 Å². The molecule has 7 heteroatoms. The predicted molar refractivity (Wildman–Crippen MR) is 84.5 cm³/mol. The first-order chi connectivity index (χ1) is 11.3. The van der Waals surface area contributed by atoms with E-state index in [0.29, 0.717) is 24.8 Å². The molecule has 2 aromatic heterocycles. The summed E-state index contributed by atoms with van der Waals surface area (Å²) in [7, 11) is 0. The zero-order chi connectivity index (χ0) is 16.1. The van der Waals surface area contributed by atoms with Crippen LogP contribution in [0.25, 0.3) is 11.4 Å². The number of nitrogens with one attached hydrogen (secondary N) is 1. The van der Waals surface area contributed by atoms with E-state index in [1.54, 1.807) is 12.4 Å². The fourth-order valence-corrected chi connectivity index (χ4v) is 2.85. The van der Waals surface area contributed by atoms with Crippen molar-refractivity contribution in [3.8, 4) is 11.4 Å². The molecule has 0 radical (unpaired) electrons. The van der Waals surface area contributed by atoms with E-state index in [-0.39, 0.29) is 12.1 Å². The molecule has 2 amide bonds. The van der Waals surface area contributed by atoms with Crippen LogP contribution in [0.4, 0.5) is 4.79 Å². The Morgan fingerprint density at radius 1 is 1.35 bits per heavy atom. The van der Waals surface area contributed by atoms with Crippen LogP contribution in [0.2, 0.25) is 0 Å². The van der Waals surface area contributed by atoms with Crippen molar-refractivity contribution >= 4 is 6.03 Å². The second-order valence-corrected chi connectivity index (χ2v) is 5.59. The topological polar surface area (TPSA) is 84.2 Å². The van der Waals surface area contributed by atoms with Crippen LogP contribution < -0.4 is 5.32 Å². The summed E-state index contributed by atoms with van der Waals surface area (Å²) in [5.41, 5.74) is 0.855. The summed E-state index contributed by atoms with van der Waals surface area (Å²) in [4.78, 5) is 22.6. The molecular weight excluding hydrogens is 294 g/mol. The van der Waals surface area contributed by atoms with Crippen LogP contribution in [0.3, 0.4) is 0 Å². The lowest BCUT2D eigenvalue weighted by molar-refractivity contribution is 0.159. The molecule has 1 N–H and O–H groups in total. The molecule has 1 aliphatic heterocycles. The first kappa shape index (κ1) is 15.5. The van der Waals surface area contributed by atoms with Crippen molar-refractivity contribution < 1.29 is 9.32 Å². The number of aromatic nitrogens is 3. The molecule has 3 heterocycles. The van der Waals surface area contributed by atoms with Crippen molar-refractivity contribution in [1.82, 2.24) is 25.3 Å². The van der Waals surface area contributed by atoms with Crippen LogP contribution in [0.5, 0.6) is 0 Å². The minimum absolute atomic E-state index is 0.0666. The lowest BCUT2D eigenvalue weighted by Crippen LogP contribution is -2.42. The largest absolute Gasteiger partial charge is 0.338 e. The number of likely N-dealkylation sites (tertiary alicyclic amines) is 1. The molecule has 23 heavy (non-hydrogen) atoms. The van der Waals surface area contributed by atoms with Gasteiger partial charge in [-0.15, -0.1) is 0 Å². The predicted octanol–water partition coefficient (Wildman–Crippen LogP) is 2.78. The molecular formula is C16H21N5O2. The van der Waals surface area contributed by atoms with Crippen LogP contribution in [0.15, 0.2) is 29.0 Å². The Hall–Kier alpha value is -2.44. The van der Waals surface area contributed by atoms with E-state index in [0.717, 1.165) is 31.2 Å². The fourth-order valence-electron chi connectivity index (χ4n) is 2.85. The van der Waals surface area contributed by atoms with Gasteiger partial charge in [0.15, 0.2) is 0 Å². The van der Waals surface area contributed by atoms with Crippen molar-refractivity contribution in [2.45, 2.75) is 38.6 Å². The minimum Gasteiger partial charge on any atom is -0.338 e. The molecule has 1 fully saturated rings. The average Bonchev–Trinajstić information content (AvgIpc) is 2.94. The Kier molecular flexibility index (Phi) is 4.85. The Bertz CT molecular complexity index is 643. The van der Waals surface area contributed by atoms with E-state index in [4.69, 9.17) is 4.52 Å². The monoisotopic (exact) mass is 315 g/mol. The van der Waals surface area contributed by atoms with Gasteiger partial charge in [-0.05, 0) is 31.9 Å². The van der Waals surface area contributed by atoms with E-state index in [2.05, 4.69) is 20.4 Å². The van der Waals surface area contributed by atoms with Gasteiger partial charge in [0.25, 0.3) is 0 Å². The van der Waals surface area contributed by atoms with Crippen molar-refractivity contribution in [3.63, 3.8) is 0 Å². The number of nitrogens with zero attached hydrogens (tertiary/aromatic N) is 4. The van der Waals surface area contributed by atoms with Crippen molar-refractivity contribution in [1.29, 1.82) is 0 Å². The Balaban J connectivity index is 1.85. The Morgan fingerprint density at radius 2 is 2.17 bits per heavy atom. The van der Waals surface area contributed by atoms with Gasteiger partial charge in [0, 0.05) is 31.0 Å². The van der Waals surface area contributed by atoms with E-state index >= 15 is 0 Å². The van der Waals surface area contributed by atoms with Gasteiger partial charge < -0.3 is 14.7 Å². The molecule has 0 aliphatic carbocycles. The first-order valence-corrected chi connectivity index (χ1v) is 8.08. The number of pyridine rings is 1. The molecule has 1 saturated heterocycles. The molecule has 1 unspecified atom stereocenters. The zero-order valence-electron chi connectivity index (χ0n) is 13.2. The first-order valence-electron chi connectivity index (χ1n) is 8.08. The van der Waals surface area contributed by atoms with Gasteiger partial charge in [-0.2, -0.15) is 4.98 Å². The van der Waals surface area contributed by atoms with Gasteiger partial charge in [-0.25, -0.2) is 4.79 Å². The third-order valence-electron chi connectivity index (χ3n) is 4.01. The number of rotatable bonds is 3. The zero-order valence-corrected chi connectivity index (χ0v) is 13.2. The van der Waals surface area contributed by atoms with Crippen molar-refractivity contribution in [2.24, 2.45) is 0 Å². The second-order valence-electron chi connectivity index (χ2n) is 5.59. The number of carbonyl (C=O) groups is 1. The summed E-state index contributed by atoms with van der Waals surface area (Å²) in [5.74, 6) is 1.03. The van der Waals surface area contributed by atoms with Gasteiger partial charge in [0.2, 0.25) is 11.7 Å². The van der Waals surface area contributed by atoms with Crippen molar-refractivity contribution in [2.75, 3.05) is 13.1 Å². The Labute approximate surface area is 135 Å². The van der Waals surface area contributed by atoms with E-state index in [1.807, 2.05) is 24.0 Å². The normalized spacial score (nSPS) is 18.5. The van der Waals surface area contributed by atoms with Gasteiger partial charge in [-0.3, -0.25) is 4.98 Å². The van der Waals surface area contributed by atoms with Gasteiger partial charge in [0.05, 0.1) is 0 Å². The molecule has 0 spiro atoms. The lowest BCUT2D eigenvalue weighted by atomic mass is 10.1. The third kappa shape index (κ3) is 3.49. The van der Waals surface area contributed by atoms with E-state index in [9.17, 15) is 4.79 Å². The highest BCUT2D eigenvalue weighted by atomic mass is 16.5. The van der Waals surface area contributed by atoms with Crippen LogP contribution in [-0.4, -0.2) is 39.1 Å². The van der Waals surface area contributed by atoms with Crippen molar-refractivity contribution in [3.05, 3.63) is 30.4 Å². The third-order valence-corrected chi connectivity index (χ3v) is 4.01. The molecule has 1 aliphatic rings. The second kappa shape index (κ2) is 7.21. The summed E-state index contributed by atoms with van der Waals surface area (Å²) in [6.45, 7) is 3.23. The Morgan fingerprint density at radius 3 is 2.96 bits per heavy atom. The summed E-state index contributed by atoms with van der Waals surface area (Å²) < 4.78 is 5.47. The highest BCUT2D eigenvalue weighted by Gasteiger charge is 2.30. The van der Waals surface area contributed by atoms with Crippen LogP contribution in [0.1, 0.15) is 44.5 Å². The lowest BCUT2D eigenvalue weighted by Gasteiger charge is -2.27. The molecule has 0 saturated carbocycles. The maximum absolute atomic E-state index is 12.3. The van der Waals surface area contributed by atoms with Crippen LogP contribution in [-0.2, 0) is 0 Å². The summed E-state index contributed by atoms with van der Waals surface area (Å²) in [6.07, 6.45) is 7.38. The number of hydrogen-bond acceptors (Lipinski definition) is 5. The molecule has 0 bridgehead atoms. The quantitative estimate of drug-likeness (QED) is 0.941. The molecule has 0 aromatic carbocycles. The van der Waals surface area contributed by atoms with E-state index < -0.39 is 0 Å². The fraction of sp³-hybridized carbons (Fsp3) is 0.500. The minimum atomic E-state index is -0.160.